The summed E-state index contributed by atoms with van der Waals surface area (Å²) in [5.74, 6) is 0.613. The van der Waals surface area contributed by atoms with Crippen LogP contribution >= 0.6 is 0 Å². The van der Waals surface area contributed by atoms with Crippen molar-refractivity contribution >= 4 is 12.0 Å². The fraction of sp³-hybridized carbons (Fsp3) is 0.632. The van der Waals surface area contributed by atoms with Gasteiger partial charge in [-0.1, -0.05) is 64.7 Å². The lowest BCUT2D eigenvalue weighted by Crippen LogP contribution is -1.85. The molecule has 0 amide bonds. The molecule has 0 aliphatic carbocycles. The van der Waals surface area contributed by atoms with Crippen LogP contribution in [-0.4, -0.2) is 11.1 Å². The third-order valence-corrected chi connectivity index (χ3v) is 3.85. The SMILES string of the molecule is CCCCCCCCCCCCc1ccc(/C=C/C(=O)O)o1. The Balaban J connectivity index is 2.00. The monoisotopic (exact) mass is 306 g/mol. The number of aliphatic carboxylic acids is 1. The van der Waals surface area contributed by atoms with Gasteiger partial charge in [0.2, 0.25) is 0 Å². The molecule has 0 radical (unpaired) electrons. The summed E-state index contributed by atoms with van der Waals surface area (Å²) in [6.07, 6.45) is 16.8. The molecule has 3 heteroatoms. The van der Waals surface area contributed by atoms with E-state index in [1.54, 1.807) is 0 Å². The van der Waals surface area contributed by atoms with Crippen LogP contribution in [0.15, 0.2) is 22.6 Å². The highest BCUT2D eigenvalue weighted by Crippen LogP contribution is 2.15. The number of hydrogen-bond acceptors (Lipinski definition) is 2. The summed E-state index contributed by atoms with van der Waals surface area (Å²) in [6, 6.07) is 3.76. The molecule has 3 nitrogen and oxygen atoms in total. The van der Waals surface area contributed by atoms with Crippen LogP contribution in [-0.2, 0) is 11.2 Å². The van der Waals surface area contributed by atoms with E-state index in [1.807, 2.05) is 12.1 Å². The molecular formula is C19H30O3. The standard InChI is InChI=1S/C19H30O3/c1-2-3-4-5-6-7-8-9-10-11-12-17-13-14-18(22-17)15-16-19(20)21/h13-16H,2-12H2,1H3,(H,20,21)/b16-15+. The van der Waals surface area contributed by atoms with E-state index in [-0.39, 0.29) is 0 Å². The molecule has 0 saturated heterocycles. The van der Waals surface area contributed by atoms with Crippen molar-refractivity contribution in [1.82, 2.24) is 0 Å². The van der Waals surface area contributed by atoms with Gasteiger partial charge in [0.15, 0.2) is 0 Å². The molecule has 1 heterocycles. The minimum atomic E-state index is -0.951. The Morgan fingerprint density at radius 3 is 2.18 bits per heavy atom. The van der Waals surface area contributed by atoms with Gasteiger partial charge in [-0.2, -0.15) is 0 Å². The predicted octanol–water partition coefficient (Wildman–Crippen LogP) is 5.84. The number of hydrogen-bond donors (Lipinski definition) is 1. The van der Waals surface area contributed by atoms with Crippen LogP contribution in [0.3, 0.4) is 0 Å². The average Bonchev–Trinajstić information content (AvgIpc) is 2.95. The van der Waals surface area contributed by atoms with E-state index in [0.717, 1.165) is 24.7 Å². The molecule has 0 aromatic carbocycles. The first-order chi connectivity index (χ1) is 10.7. The number of carboxylic acids is 1. The van der Waals surface area contributed by atoms with Gasteiger partial charge in [-0.05, 0) is 24.6 Å². The van der Waals surface area contributed by atoms with Crippen molar-refractivity contribution in [1.29, 1.82) is 0 Å². The first-order valence-corrected chi connectivity index (χ1v) is 8.72. The number of aryl methyl sites for hydroxylation is 1. The predicted molar refractivity (Wildman–Crippen MR) is 90.9 cm³/mol. The van der Waals surface area contributed by atoms with E-state index in [0.29, 0.717) is 5.76 Å². The van der Waals surface area contributed by atoms with E-state index in [1.165, 1.54) is 63.9 Å². The van der Waals surface area contributed by atoms with Crippen molar-refractivity contribution in [3.05, 3.63) is 29.7 Å². The van der Waals surface area contributed by atoms with Crippen LogP contribution in [0.25, 0.3) is 6.08 Å². The zero-order valence-corrected chi connectivity index (χ0v) is 13.9. The molecule has 0 unspecified atom stereocenters. The van der Waals surface area contributed by atoms with Gasteiger partial charge in [0.25, 0.3) is 0 Å². The van der Waals surface area contributed by atoms with Gasteiger partial charge in [-0.25, -0.2) is 4.79 Å². The van der Waals surface area contributed by atoms with E-state index in [9.17, 15) is 4.79 Å². The van der Waals surface area contributed by atoms with Crippen LogP contribution in [0.2, 0.25) is 0 Å². The van der Waals surface area contributed by atoms with Crippen LogP contribution < -0.4 is 0 Å². The largest absolute Gasteiger partial charge is 0.478 e. The number of carboxylic acid groups (broad SMARTS) is 1. The summed E-state index contributed by atoms with van der Waals surface area (Å²) in [5.41, 5.74) is 0. The van der Waals surface area contributed by atoms with Crippen molar-refractivity contribution in [3.8, 4) is 0 Å². The first kappa shape index (κ1) is 18.5. The minimum Gasteiger partial charge on any atom is -0.478 e. The second-order valence-electron chi connectivity index (χ2n) is 5.91. The molecule has 0 bridgehead atoms. The lowest BCUT2D eigenvalue weighted by Gasteiger charge is -2.01. The Labute approximate surface area is 134 Å². The fourth-order valence-corrected chi connectivity index (χ4v) is 2.56. The maximum atomic E-state index is 10.4. The zero-order chi connectivity index (χ0) is 16.0. The highest BCUT2D eigenvalue weighted by atomic mass is 16.4. The van der Waals surface area contributed by atoms with Crippen molar-refractivity contribution < 1.29 is 14.3 Å². The normalized spacial score (nSPS) is 11.3. The molecule has 0 aliphatic heterocycles. The van der Waals surface area contributed by atoms with Gasteiger partial charge in [0.1, 0.15) is 11.5 Å². The summed E-state index contributed by atoms with van der Waals surface area (Å²) in [6.45, 7) is 2.25. The van der Waals surface area contributed by atoms with Crippen molar-refractivity contribution in [2.24, 2.45) is 0 Å². The molecular weight excluding hydrogens is 276 g/mol. The van der Waals surface area contributed by atoms with Crippen LogP contribution in [0.1, 0.15) is 82.7 Å². The highest BCUT2D eigenvalue weighted by molar-refractivity contribution is 5.84. The van der Waals surface area contributed by atoms with Crippen molar-refractivity contribution in [3.63, 3.8) is 0 Å². The second kappa shape index (κ2) is 12.1. The Hall–Kier alpha value is -1.51. The molecule has 1 rings (SSSR count). The van der Waals surface area contributed by atoms with E-state index in [4.69, 9.17) is 9.52 Å². The number of furan rings is 1. The summed E-state index contributed by atoms with van der Waals surface area (Å²) >= 11 is 0. The van der Waals surface area contributed by atoms with Crippen LogP contribution in [0, 0.1) is 0 Å². The lowest BCUT2D eigenvalue weighted by molar-refractivity contribution is -0.131. The number of rotatable bonds is 13. The summed E-state index contributed by atoms with van der Waals surface area (Å²) < 4.78 is 5.57. The Bertz CT molecular complexity index is 432. The van der Waals surface area contributed by atoms with Gasteiger partial charge >= 0.3 is 5.97 Å². The van der Waals surface area contributed by atoms with E-state index in [2.05, 4.69) is 6.92 Å². The number of carbonyl (C=O) groups is 1. The Morgan fingerprint density at radius 2 is 1.59 bits per heavy atom. The molecule has 0 aliphatic rings. The molecule has 1 N–H and O–H groups in total. The summed E-state index contributed by atoms with van der Waals surface area (Å²) in [4.78, 5) is 10.4. The van der Waals surface area contributed by atoms with Gasteiger partial charge in [-0.15, -0.1) is 0 Å². The maximum Gasteiger partial charge on any atom is 0.328 e. The van der Waals surface area contributed by atoms with E-state index < -0.39 is 5.97 Å². The topological polar surface area (TPSA) is 50.4 Å². The molecule has 22 heavy (non-hydrogen) atoms. The second-order valence-corrected chi connectivity index (χ2v) is 5.91. The third kappa shape index (κ3) is 9.43. The zero-order valence-electron chi connectivity index (χ0n) is 13.9. The smallest absolute Gasteiger partial charge is 0.328 e. The van der Waals surface area contributed by atoms with Gasteiger partial charge in [-0.3, -0.25) is 0 Å². The Morgan fingerprint density at radius 1 is 1.00 bits per heavy atom. The van der Waals surface area contributed by atoms with Crippen LogP contribution in [0.4, 0.5) is 0 Å². The fourth-order valence-electron chi connectivity index (χ4n) is 2.56. The third-order valence-electron chi connectivity index (χ3n) is 3.85. The lowest BCUT2D eigenvalue weighted by atomic mass is 10.1. The molecule has 1 aromatic heterocycles. The summed E-state index contributed by atoms with van der Waals surface area (Å²) in [7, 11) is 0. The van der Waals surface area contributed by atoms with Crippen LogP contribution in [0.5, 0.6) is 0 Å². The quantitative estimate of drug-likeness (QED) is 0.368. The first-order valence-electron chi connectivity index (χ1n) is 8.72. The van der Waals surface area contributed by atoms with Gasteiger partial charge < -0.3 is 9.52 Å². The van der Waals surface area contributed by atoms with Crippen molar-refractivity contribution in [2.75, 3.05) is 0 Å². The Kier molecular flexibility index (Phi) is 10.2. The molecule has 0 fully saturated rings. The average molecular weight is 306 g/mol. The highest BCUT2D eigenvalue weighted by Gasteiger charge is 2.00. The molecule has 0 saturated carbocycles. The molecule has 124 valence electrons. The van der Waals surface area contributed by atoms with Gasteiger partial charge in [0, 0.05) is 12.5 Å². The number of unbranched alkanes of at least 4 members (excludes halogenated alkanes) is 9. The molecule has 0 spiro atoms. The molecule has 1 aromatic rings. The van der Waals surface area contributed by atoms with Crippen molar-refractivity contribution in [2.45, 2.75) is 77.6 Å². The maximum absolute atomic E-state index is 10.4. The minimum absolute atomic E-state index is 0.615. The van der Waals surface area contributed by atoms with E-state index >= 15 is 0 Å². The molecule has 0 atom stereocenters. The van der Waals surface area contributed by atoms with Gasteiger partial charge in [0.05, 0.1) is 0 Å². The summed E-state index contributed by atoms with van der Waals surface area (Å²) in [5, 5.41) is 8.56.